The van der Waals surface area contributed by atoms with Crippen molar-refractivity contribution in [3.8, 4) is 0 Å². The molecule has 0 spiro atoms. The Bertz CT molecular complexity index is 628. The van der Waals surface area contributed by atoms with Crippen molar-refractivity contribution >= 4 is 21.6 Å². The van der Waals surface area contributed by atoms with E-state index in [1.807, 2.05) is 6.92 Å². The third kappa shape index (κ3) is 3.54. The topological polar surface area (TPSA) is 92.5 Å². The van der Waals surface area contributed by atoms with Crippen LogP contribution in [-0.4, -0.2) is 39.7 Å². The summed E-state index contributed by atoms with van der Waals surface area (Å²) in [5.74, 6) is 0.0321. The number of aryl methyl sites for hydroxylation is 1. The molecule has 2 rings (SSSR count). The van der Waals surface area contributed by atoms with Gasteiger partial charge in [-0.2, -0.15) is 0 Å². The van der Waals surface area contributed by atoms with Crippen molar-refractivity contribution in [2.24, 2.45) is 5.73 Å². The van der Waals surface area contributed by atoms with Crippen LogP contribution in [0.1, 0.15) is 28.8 Å². The lowest BCUT2D eigenvalue weighted by Crippen LogP contribution is -2.27. The monoisotopic (exact) mass is 311 g/mol. The number of nitrogens with two attached hydrogens (primary N) is 1. The maximum atomic E-state index is 12.0. The van der Waals surface area contributed by atoms with Gasteiger partial charge in [0.05, 0.1) is 11.4 Å². The second-order valence-electron chi connectivity index (χ2n) is 5.14. The van der Waals surface area contributed by atoms with Crippen molar-refractivity contribution in [2.45, 2.75) is 19.8 Å². The summed E-state index contributed by atoms with van der Waals surface area (Å²) in [4.78, 5) is 12.0. The van der Waals surface area contributed by atoms with Crippen LogP contribution < -0.4 is 15.4 Å². The minimum absolute atomic E-state index is 0.156. The van der Waals surface area contributed by atoms with E-state index in [-0.39, 0.29) is 11.7 Å². The molecule has 1 aliphatic rings. The Labute approximate surface area is 125 Å². The standard InChI is InChI=1S/C14H21N3O3S/c1-11-10-12(17-8-3-9-21(17,19)20)4-5-13(11)14(18)16-7-2-6-15/h4-5,10H,2-3,6-9,15H2,1H3,(H,16,18). The number of carbonyl (C=O) groups excluding carboxylic acids is 1. The maximum absolute atomic E-state index is 12.0. The molecule has 1 aromatic rings. The molecular formula is C14H21N3O3S. The van der Waals surface area contributed by atoms with Crippen LogP contribution in [0.2, 0.25) is 0 Å². The summed E-state index contributed by atoms with van der Waals surface area (Å²) in [5, 5.41) is 2.80. The highest BCUT2D eigenvalue weighted by atomic mass is 32.2. The van der Waals surface area contributed by atoms with E-state index in [0.29, 0.717) is 37.3 Å². The van der Waals surface area contributed by atoms with Gasteiger partial charge in [0.15, 0.2) is 0 Å². The molecule has 3 N–H and O–H groups in total. The second kappa shape index (κ2) is 6.44. The summed E-state index contributed by atoms with van der Waals surface area (Å²) in [6.45, 7) is 3.38. The number of carbonyl (C=O) groups is 1. The normalized spacial score (nSPS) is 17.0. The molecule has 1 saturated heterocycles. The molecule has 1 heterocycles. The molecule has 0 saturated carbocycles. The molecule has 0 bridgehead atoms. The maximum Gasteiger partial charge on any atom is 0.251 e. The molecule has 7 heteroatoms. The predicted octanol–water partition coefficient (Wildman–Crippen LogP) is 0.614. The third-order valence-electron chi connectivity index (χ3n) is 3.51. The molecule has 1 aromatic carbocycles. The number of amides is 1. The number of nitrogens with zero attached hydrogens (tertiary/aromatic N) is 1. The third-order valence-corrected chi connectivity index (χ3v) is 5.38. The first kappa shape index (κ1) is 15.8. The van der Waals surface area contributed by atoms with Gasteiger partial charge in [-0.05, 0) is 50.1 Å². The molecule has 1 aliphatic heterocycles. The predicted molar refractivity (Wildman–Crippen MR) is 82.9 cm³/mol. The SMILES string of the molecule is Cc1cc(N2CCCS2(=O)=O)ccc1C(=O)NCCCN. The van der Waals surface area contributed by atoms with Crippen LogP contribution in [0.5, 0.6) is 0 Å². The molecule has 0 radical (unpaired) electrons. The molecule has 116 valence electrons. The minimum atomic E-state index is -3.19. The highest BCUT2D eigenvalue weighted by Crippen LogP contribution is 2.26. The molecule has 0 unspecified atom stereocenters. The van der Waals surface area contributed by atoms with Gasteiger partial charge in [-0.25, -0.2) is 8.42 Å². The Balaban J connectivity index is 2.16. The lowest BCUT2D eigenvalue weighted by molar-refractivity contribution is 0.0953. The van der Waals surface area contributed by atoms with Crippen LogP contribution >= 0.6 is 0 Å². The second-order valence-corrected chi connectivity index (χ2v) is 7.15. The van der Waals surface area contributed by atoms with Crippen LogP contribution in [0.3, 0.4) is 0 Å². The Morgan fingerprint density at radius 3 is 2.76 bits per heavy atom. The molecule has 0 aliphatic carbocycles. The molecule has 0 atom stereocenters. The molecule has 21 heavy (non-hydrogen) atoms. The van der Waals surface area contributed by atoms with Crippen LogP contribution in [-0.2, 0) is 10.0 Å². The van der Waals surface area contributed by atoms with Gasteiger partial charge < -0.3 is 11.1 Å². The van der Waals surface area contributed by atoms with E-state index in [2.05, 4.69) is 5.32 Å². The number of rotatable bonds is 5. The van der Waals surface area contributed by atoms with E-state index in [0.717, 1.165) is 12.0 Å². The number of anilines is 1. The van der Waals surface area contributed by atoms with Crippen molar-refractivity contribution in [1.29, 1.82) is 0 Å². The fourth-order valence-electron chi connectivity index (χ4n) is 2.39. The zero-order chi connectivity index (χ0) is 15.5. The van der Waals surface area contributed by atoms with Crippen LogP contribution in [0.25, 0.3) is 0 Å². The summed E-state index contributed by atoms with van der Waals surface area (Å²) in [6, 6.07) is 5.12. The van der Waals surface area contributed by atoms with Gasteiger partial charge in [-0.3, -0.25) is 9.10 Å². The average Bonchev–Trinajstić information content (AvgIpc) is 2.78. The minimum Gasteiger partial charge on any atom is -0.352 e. The van der Waals surface area contributed by atoms with Gasteiger partial charge in [0.25, 0.3) is 5.91 Å². The van der Waals surface area contributed by atoms with Gasteiger partial charge in [-0.15, -0.1) is 0 Å². The fourth-order valence-corrected chi connectivity index (χ4v) is 3.94. The lowest BCUT2D eigenvalue weighted by Gasteiger charge is -2.18. The zero-order valence-corrected chi connectivity index (χ0v) is 12.9. The Morgan fingerprint density at radius 1 is 1.43 bits per heavy atom. The Hall–Kier alpha value is -1.60. The van der Waals surface area contributed by atoms with Gasteiger partial charge in [0.2, 0.25) is 10.0 Å². The Kier molecular flexibility index (Phi) is 4.84. The van der Waals surface area contributed by atoms with Crippen LogP contribution in [0.4, 0.5) is 5.69 Å². The summed E-state index contributed by atoms with van der Waals surface area (Å²) in [7, 11) is -3.19. The molecule has 6 nitrogen and oxygen atoms in total. The quantitative estimate of drug-likeness (QED) is 0.779. The molecular weight excluding hydrogens is 290 g/mol. The smallest absolute Gasteiger partial charge is 0.251 e. The van der Waals surface area contributed by atoms with Gasteiger partial charge >= 0.3 is 0 Å². The zero-order valence-electron chi connectivity index (χ0n) is 12.1. The van der Waals surface area contributed by atoms with E-state index >= 15 is 0 Å². The number of sulfonamides is 1. The molecule has 0 aromatic heterocycles. The van der Waals surface area contributed by atoms with E-state index < -0.39 is 10.0 Å². The van der Waals surface area contributed by atoms with Crippen molar-refractivity contribution in [1.82, 2.24) is 5.32 Å². The number of hydrogen-bond donors (Lipinski definition) is 2. The van der Waals surface area contributed by atoms with E-state index in [9.17, 15) is 13.2 Å². The van der Waals surface area contributed by atoms with Gasteiger partial charge in [-0.1, -0.05) is 0 Å². The average molecular weight is 311 g/mol. The van der Waals surface area contributed by atoms with Crippen molar-refractivity contribution in [3.05, 3.63) is 29.3 Å². The lowest BCUT2D eigenvalue weighted by atomic mass is 10.1. The van der Waals surface area contributed by atoms with Gasteiger partial charge in [0.1, 0.15) is 0 Å². The largest absolute Gasteiger partial charge is 0.352 e. The number of benzene rings is 1. The molecule has 1 fully saturated rings. The highest BCUT2D eigenvalue weighted by molar-refractivity contribution is 7.93. The Morgan fingerprint density at radius 2 is 2.19 bits per heavy atom. The number of nitrogens with one attached hydrogen (secondary N) is 1. The fraction of sp³-hybridized carbons (Fsp3) is 0.500. The first-order valence-corrected chi connectivity index (χ1v) is 8.66. The van der Waals surface area contributed by atoms with Crippen LogP contribution in [0, 0.1) is 6.92 Å². The van der Waals surface area contributed by atoms with Gasteiger partial charge in [0, 0.05) is 18.7 Å². The summed E-state index contributed by atoms with van der Waals surface area (Å²) in [6.07, 6.45) is 1.37. The van der Waals surface area contributed by atoms with E-state index in [1.54, 1.807) is 18.2 Å². The van der Waals surface area contributed by atoms with E-state index in [1.165, 1.54) is 4.31 Å². The van der Waals surface area contributed by atoms with Crippen LogP contribution in [0.15, 0.2) is 18.2 Å². The summed E-state index contributed by atoms with van der Waals surface area (Å²) >= 11 is 0. The highest BCUT2D eigenvalue weighted by Gasteiger charge is 2.28. The van der Waals surface area contributed by atoms with E-state index in [4.69, 9.17) is 5.73 Å². The first-order valence-electron chi connectivity index (χ1n) is 7.05. The number of hydrogen-bond acceptors (Lipinski definition) is 4. The summed E-state index contributed by atoms with van der Waals surface area (Å²) < 4.78 is 25.2. The van der Waals surface area contributed by atoms with Crippen molar-refractivity contribution < 1.29 is 13.2 Å². The first-order chi connectivity index (χ1) is 9.95. The van der Waals surface area contributed by atoms with Crippen molar-refractivity contribution in [2.75, 3.05) is 29.7 Å². The molecule has 1 amide bonds. The van der Waals surface area contributed by atoms with Crippen molar-refractivity contribution in [3.63, 3.8) is 0 Å². The summed E-state index contributed by atoms with van der Waals surface area (Å²) in [5.41, 5.74) is 7.34.